The Morgan fingerprint density at radius 2 is 1.81 bits per heavy atom. The molecule has 0 aromatic heterocycles. The number of nitrogens with one attached hydrogen (secondary N) is 1. The summed E-state index contributed by atoms with van der Waals surface area (Å²) in [7, 11) is 0. The first-order valence-electron chi connectivity index (χ1n) is 6.74. The van der Waals surface area contributed by atoms with Crippen LogP contribution in [0.15, 0.2) is 18.2 Å². The number of hydrogen-bond acceptors (Lipinski definition) is 3. The summed E-state index contributed by atoms with van der Waals surface area (Å²) in [5, 5.41) is 11.5. The van der Waals surface area contributed by atoms with Crippen LogP contribution < -0.4 is 5.32 Å². The predicted molar refractivity (Wildman–Crippen MR) is 80.5 cm³/mol. The summed E-state index contributed by atoms with van der Waals surface area (Å²) in [5.41, 5.74) is 1.42. The third-order valence-corrected chi connectivity index (χ3v) is 3.16. The summed E-state index contributed by atoms with van der Waals surface area (Å²) in [6.07, 6.45) is 0.0511. The fraction of sp³-hybridized carbons (Fsp3) is 0.438. The Labute approximate surface area is 124 Å². The smallest absolute Gasteiger partial charge is 0.303 e. The Hall–Kier alpha value is -2.17. The van der Waals surface area contributed by atoms with Crippen molar-refractivity contribution >= 4 is 23.3 Å². The molecule has 0 saturated carbocycles. The predicted octanol–water partition coefficient (Wildman–Crippen LogP) is 3.03. The van der Waals surface area contributed by atoms with Gasteiger partial charge in [-0.2, -0.15) is 0 Å². The highest BCUT2D eigenvalue weighted by molar-refractivity contribution is 5.97. The molecule has 5 heteroatoms. The van der Waals surface area contributed by atoms with Crippen molar-refractivity contribution in [3.63, 3.8) is 0 Å². The molecule has 0 radical (unpaired) electrons. The summed E-state index contributed by atoms with van der Waals surface area (Å²) in [4.78, 5) is 34.1. The van der Waals surface area contributed by atoms with Gasteiger partial charge in [-0.3, -0.25) is 14.4 Å². The van der Waals surface area contributed by atoms with Gasteiger partial charge in [-0.05, 0) is 43.0 Å². The number of rotatable bonds is 6. The molecule has 1 aromatic carbocycles. The zero-order chi connectivity index (χ0) is 16.2. The zero-order valence-corrected chi connectivity index (χ0v) is 12.8. The lowest BCUT2D eigenvalue weighted by Crippen LogP contribution is -2.24. The molecule has 0 spiro atoms. The van der Waals surface area contributed by atoms with Crippen molar-refractivity contribution in [2.75, 3.05) is 5.32 Å². The Balaban J connectivity index is 2.73. The van der Waals surface area contributed by atoms with Crippen LogP contribution in [-0.4, -0.2) is 22.8 Å². The van der Waals surface area contributed by atoms with Crippen LogP contribution in [0.2, 0.25) is 0 Å². The minimum absolute atomic E-state index is 0.0204. The van der Waals surface area contributed by atoms with E-state index in [1.54, 1.807) is 39.0 Å². The van der Waals surface area contributed by atoms with Gasteiger partial charge in [0.2, 0.25) is 5.91 Å². The molecular weight excluding hydrogens is 270 g/mol. The van der Waals surface area contributed by atoms with Crippen LogP contribution in [0.3, 0.4) is 0 Å². The quantitative estimate of drug-likeness (QED) is 0.789. The van der Waals surface area contributed by atoms with Gasteiger partial charge in [0.25, 0.3) is 0 Å². The average Bonchev–Trinajstić information content (AvgIpc) is 2.24. The molecule has 2 N–H and O–H groups in total. The summed E-state index contributed by atoms with van der Waals surface area (Å²) in [5.74, 6) is -1.18. The fourth-order valence-corrected chi connectivity index (χ4v) is 2.25. The fourth-order valence-electron chi connectivity index (χ4n) is 2.25. The van der Waals surface area contributed by atoms with Crippen LogP contribution in [0.1, 0.15) is 49.5 Å². The Bertz CT molecular complexity index is 576. The minimum Gasteiger partial charge on any atom is -0.481 e. The Morgan fingerprint density at radius 3 is 2.29 bits per heavy atom. The highest BCUT2D eigenvalue weighted by atomic mass is 16.4. The summed E-state index contributed by atoms with van der Waals surface area (Å²) < 4.78 is 0. The van der Waals surface area contributed by atoms with Crippen molar-refractivity contribution < 1.29 is 19.5 Å². The molecule has 0 unspecified atom stereocenters. The van der Waals surface area contributed by atoms with Crippen molar-refractivity contribution in [2.24, 2.45) is 5.41 Å². The number of aryl methyl sites for hydroxylation is 1. The van der Waals surface area contributed by atoms with Crippen molar-refractivity contribution in [1.29, 1.82) is 0 Å². The maximum Gasteiger partial charge on any atom is 0.303 e. The van der Waals surface area contributed by atoms with Gasteiger partial charge in [0.05, 0.1) is 6.42 Å². The highest BCUT2D eigenvalue weighted by Gasteiger charge is 2.25. The number of benzene rings is 1. The maximum absolute atomic E-state index is 12.0. The first-order chi connectivity index (χ1) is 9.60. The highest BCUT2D eigenvalue weighted by Crippen LogP contribution is 2.26. The van der Waals surface area contributed by atoms with Crippen molar-refractivity contribution in [2.45, 2.75) is 40.5 Å². The van der Waals surface area contributed by atoms with Crippen LogP contribution in [0.4, 0.5) is 5.69 Å². The normalized spacial score (nSPS) is 11.0. The monoisotopic (exact) mass is 291 g/mol. The van der Waals surface area contributed by atoms with Gasteiger partial charge in [-0.1, -0.05) is 13.8 Å². The van der Waals surface area contributed by atoms with Gasteiger partial charge in [-0.25, -0.2) is 0 Å². The van der Waals surface area contributed by atoms with E-state index >= 15 is 0 Å². The van der Waals surface area contributed by atoms with Gasteiger partial charge >= 0.3 is 5.97 Å². The Kier molecular flexibility index (Phi) is 5.24. The summed E-state index contributed by atoms with van der Waals surface area (Å²) in [6.45, 7) is 6.78. The van der Waals surface area contributed by atoms with Gasteiger partial charge in [0.15, 0.2) is 5.78 Å². The van der Waals surface area contributed by atoms with E-state index < -0.39 is 11.4 Å². The van der Waals surface area contributed by atoms with Crippen molar-refractivity contribution in [1.82, 2.24) is 0 Å². The van der Waals surface area contributed by atoms with Gasteiger partial charge < -0.3 is 10.4 Å². The number of carbonyl (C=O) groups excluding carboxylic acids is 2. The minimum atomic E-state index is -0.922. The number of carbonyl (C=O) groups is 3. The topological polar surface area (TPSA) is 83.5 Å². The molecule has 1 amide bonds. The molecule has 0 aliphatic carbocycles. The second-order valence-corrected chi connectivity index (χ2v) is 6.05. The molecular formula is C16H21NO4. The zero-order valence-electron chi connectivity index (χ0n) is 12.8. The molecule has 1 rings (SSSR count). The van der Waals surface area contributed by atoms with Crippen molar-refractivity contribution in [3.8, 4) is 0 Å². The molecule has 0 aliphatic rings. The summed E-state index contributed by atoms with van der Waals surface area (Å²) >= 11 is 0. The second kappa shape index (κ2) is 6.52. The lowest BCUT2D eigenvalue weighted by molar-refractivity contribution is -0.139. The summed E-state index contributed by atoms with van der Waals surface area (Å²) in [6, 6.07) is 5.08. The molecule has 21 heavy (non-hydrogen) atoms. The van der Waals surface area contributed by atoms with E-state index in [2.05, 4.69) is 5.32 Å². The third-order valence-electron chi connectivity index (χ3n) is 3.16. The maximum atomic E-state index is 12.0. The molecule has 0 atom stereocenters. The standard InChI is InChI=1S/C16H21NO4/c1-10-7-12(5-6-13(10)11(2)18)17-14(19)8-16(3,4)9-15(20)21/h5-7H,8-9H2,1-4H3,(H,17,19)(H,20,21). The van der Waals surface area contributed by atoms with Crippen LogP contribution >= 0.6 is 0 Å². The van der Waals surface area contributed by atoms with E-state index in [1.165, 1.54) is 6.92 Å². The molecule has 114 valence electrons. The van der Waals surface area contributed by atoms with Gasteiger partial charge in [0, 0.05) is 17.7 Å². The lowest BCUT2D eigenvalue weighted by atomic mass is 9.85. The largest absolute Gasteiger partial charge is 0.481 e. The SMILES string of the molecule is CC(=O)c1ccc(NC(=O)CC(C)(C)CC(=O)O)cc1C. The van der Waals surface area contributed by atoms with Crippen LogP contribution in [0.25, 0.3) is 0 Å². The van der Waals surface area contributed by atoms with E-state index in [1.807, 2.05) is 0 Å². The van der Waals surface area contributed by atoms with E-state index in [0.717, 1.165) is 5.56 Å². The molecule has 0 aliphatic heterocycles. The van der Waals surface area contributed by atoms with Crippen molar-refractivity contribution in [3.05, 3.63) is 29.3 Å². The molecule has 0 saturated heterocycles. The molecule has 5 nitrogen and oxygen atoms in total. The van der Waals surface area contributed by atoms with Gasteiger partial charge in [-0.15, -0.1) is 0 Å². The van der Waals surface area contributed by atoms with E-state index in [0.29, 0.717) is 11.3 Å². The number of carboxylic acids is 1. The molecule has 0 fully saturated rings. The van der Waals surface area contributed by atoms with E-state index in [-0.39, 0.29) is 24.5 Å². The number of anilines is 1. The number of hydrogen-bond donors (Lipinski definition) is 2. The Morgan fingerprint density at radius 1 is 1.19 bits per heavy atom. The van der Waals surface area contributed by atoms with Crippen LogP contribution in [-0.2, 0) is 9.59 Å². The molecule has 1 aromatic rings. The lowest BCUT2D eigenvalue weighted by Gasteiger charge is -2.21. The van der Waals surface area contributed by atoms with Crippen LogP contribution in [0.5, 0.6) is 0 Å². The van der Waals surface area contributed by atoms with E-state index in [4.69, 9.17) is 5.11 Å². The van der Waals surface area contributed by atoms with Crippen LogP contribution in [0, 0.1) is 12.3 Å². The number of aliphatic carboxylic acids is 1. The van der Waals surface area contributed by atoms with Gasteiger partial charge in [0.1, 0.15) is 0 Å². The number of ketones is 1. The number of amides is 1. The van der Waals surface area contributed by atoms with E-state index in [9.17, 15) is 14.4 Å². The molecule has 0 bridgehead atoms. The number of carboxylic acid groups (broad SMARTS) is 1. The molecule has 0 heterocycles. The number of Topliss-reactive ketones (excluding diaryl/α,β-unsaturated/α-hetero) is 1. The second-order valence-electron chi connectivity index (χ2n) is 6.05. The average molecular weight is 291 g/mol. The first-order valence-corrected chi connectivity index (χ1v) is 6.74. The third kappa shape index (κ3) is 5.38. The first kappa shape index (κ1) is 16.9.